The SMILES string of the molecule is COc1ccc(OC)c(NC(=O)COC(=O)[C@@H](C)c2ccc3cc(OC)ccc3c2)c1. The van der Waals surface area contributed by atoms with E-state index >= 15 is 0 Å². The highest BCUT2D eigenvalue weighted by atomic mass is 16.5. The summed E-state index contributed by atoms with van der Waals surface area (Å²) < 4.78 is 20.9. The molecular formula is C24H25NO6. The van der Waals surface area contributed by atoms with Gasteiger partial charge in [0.2, 0.25) is 0 Å². The monoisotopic (exact) mass is 423 g/mol. The van der Waals surface area contributed by atoms with Gasteiger partial charge in [-0.15, -0.1) is 0 Å². The number of hydrogen-bond acceptors (Lipinski definition) is 6. The first kappa shape index (κ1) is 22.0. The number of anilines is 1. The number of methoxy groups -OCH3 is 3. The first-order valence-corrected chi connectivity index (χ1v) is 9.71. The summed E-state index contributed by atoms with van der Waals surface area (Å²) in [5, 5.41) is 4.67. The van der Waals surface area contributed by atoms with Gasteiger partial charge in [-0.1, -0.05) is 24.3 Å². The number of hydrogen-bond donors (Lipinski definition) is 1. The van der Waals surface area contributed by atoms with Crippen molar-refractivity contribution in [1.29, 1.82) is 0 Å². The minimum atomic E-state index is -0.523. The summed E-state index contributed by atoms with van der Waals surface area (Å²) in [4.78, 5) is 24.8. The summed E-state index contributed by atoms with van der Waals surface area (Å²) in [6.45, 7) is 1.34. The fourth-order valence-corrected chi connectivity index (χ4v) is 3.13. The molecule has 0 fully saturated rings. The molecule has 3 aromatic carbocycles. The molecule has 0 aromatic heterocycles. The maximum atomic E-state index is 12.5. The number of nitrogens with one attached hydrogen (secondary N) is 1. The molecular weight excluding hydrogens is 398 g/mol. The van der Waals surface area contributed by atoms with Crippen LogP contribution in [0.3, 0.4) is 0 Å². The number of carbonyl (C=O) groups excluding carboxylic acids is 2. The number of carbonyl (C=O) groups is 2. The zero-order valence-corrected chi connectivity index (χ0v) is 17.9. The van der Waals surface area contributed by atoms with Crippen molar-refractivity contribution in [2.75, 3.05) is 33.3 Å². The van der Waals surface area contributed by atoms with Gasteiger partial charge in [-0.05, 0) is 47.5 Å². The van der Waals surface area contributed by atoms with Gasteiger partial charge in [0, 0.05) is 6.07 Å². The molecule has 0 spiro atoms. The lowest BCUT2D eigenvalue weighted by atomic mass is 9.98. The van der Waals surface area contributed by atoms with Crippen molar-refractivity contribution in [3.63, 3.8) is 0 Å². The molecule has 1 atom stereocenters. The van der Waals surface area contributed by atoms with Crippen LogP contribution < -0.4 is 19.5 Å². The summed E-state index contributed by atoms with van der Waals surface area (Å²) in [6, 6.07) is 16.5. The molecule has 0 aliphatic heterocycles. The largest absolute Gasteiger partial charge is 0.497 e. The Labute approximate surface area is 180 Å². The quantitative estimate of drug-likeness (QED) is 0.548. The Balaban J connectivity index is 1.62. The van der Waals surface area contributed by atoms with Gasteiger partial charge in [0.05, 0.1) is 32.9 Å². The second-order valence-corrected chi connectivity index (χ2v) is 6.92. The van der Waals surface area contributed by atoms with Crippen molar-refractivity contribution in [1.82, 2.24) is 0 Å². The molecule has 1 N–H and O–H groups in total. The van der Waals surface area contributed by atoms with Gasteiger partial charge in [0.1, 0.15) is 17.2 Å². The second kappa shape index (κ2) is 9.84. The van der Waals surface area contributed by atoms with Crippen molar-refractivity contribution in [3.8, 4) is 17.2 Å². The summed E-state index contributed by atoms with van der Waals surface area (Å²) in [5.41, 5.74) is 1.23. The van der Waals surface area contributed by atoms with Gasteiger partial charge in [0.25, 0.3) is 5.91 Å². The average molecular weight is 423 g/mol. The van der Waals surface area contributed by atoms with Gasteiger partial charge in [0.15, 0.2) is 6.61 Å². The average Bonchev–Trinajstić information content (AvgIpc) is 2.81. The van der Waals surface area contributed by atoms with Crippen LogP contribution in [0.5, 0.6) is 17.2 Å². The molecule has 0 radical (unpaired) electrons. The van der Waals surface area contributed by atoms with E-state index < -0.39 is 24.4 Å². The van der Waals surface area contributed by atoms with E-state index in [9.17, 15) is 9.59 Å². The zero-order chi connectivity index (χ0) is 22.4. The Kier molecular flexibility index (Phi) is 6.97. The highest BCUT2D eigenvalue weighted by molar-refractivity contribution is 5.95. The highest BCUT2D eigenvalue weighted by Crippen LogP contribution is 2.29. The molecule has 31 heavy (non-hydrogen) atoms. The Morgan fingerprint density at radius 2 is 1.48 bits per heavy atom. The van der Waals surface area contributed by atoms with Crippen LogP contribution in [0.2, 0.25) is 0 Å². The Morgan fingerprint density at radius 3 is 2.19 bits per heavy atom. The lowest BCUT2D eigenvalue weighted by Gasteiger charge is -2.14. The minimum Gasteiger partial charge on any atom is -0.497 e. The number of ether oxygens (including phenoxy) is 4. The Morgan fingerprint density at radius 1 is 0.839 bits per heavy atom. The molecule has 0 saturated carbocycles. The van der Waals surface area contributed by atoms with Crippen LogP contribution >= 0.6 is 0 Å². The van der Waals surface area contributed by atoms with Crippen LogP contribution in [0.15, 0.2) is 54.6 Å². The van der Waals surface area contributed by atoms with Gasteiger partial charge < -0.3 is 24.3 Å². The van der Waals surface area contributed by atoms with Crippen LogP contribution in [-0.4, -0.2) is 39.8 Å². The van der Waals surface area contributed by atoms with Crippen LogP contribution in [-0.2, 0) is 14.3 Å². The van der Waals surface area contributed by atoms with Gasteiger partial charge in [-0.3, -0.25) is 9.59 Å². The number of fused-ring (bicyclic) bond motifs is 1. The maximum Gasteiger partial charge on any atom is 0.313 e. The van der Waals surface area contributed by atoms with Crippen molar-refractivity contribution in [2.45, 2.75) is 12.8 Å². The number of amides is 1. The highest BCUT2D eigenvalue weighted by Gasteiger charge is 2.19. The van der Waals surface area contributed by atoms with Crippen molar-refractivity contribution in [2.24, 2.45) is 0 Å². The summed E-state index contributed by atoms with van der Waals surface area (Å²) in [6.07, 6.45) is 0. The molecule has 0 heterocycles. The van der Waals surface area contributed by atoms with Crippen LogP contribution in [0, 0.1) is 0 Å². The smallest absolute Gasteiger partial charge is 0.313 e. The van der Waals surface area contributed by atoms with Crippen LogP contribution in [0.4, 0.5) is 5.69 Å². The van der Waals surface area contributed by atoms with Crippen LogP contribution in [0.1, 0.15) is 18.4 Å². The molecule has 3 aromatic rings. The molecule has 0 aliphatic carbocycles. The van der Waals surface area contributed by atoms with E-state index in [1.54, 1.807) is 32.2 Å². The molecule has 1 amide bonds. The van der Waals surface area contributed by atoms with E-state index in [0.717, 1.165) is 22.1 Å². The molecule has 7 nitrogen and oxygen atoms in total. The summed E-state index contributed by atoms with van der Waals surface area (Å²) >= 11 is 0. The lowest BCUT2D eigenvalue weighted by Crippen LogP contribution is -2.23. The summed E-state index contributed by atoms with van der Waals surface area (Å²) in [7, 11) is 4.65. The first-order chi connectivity index (χ1) is 14.9. The van der Waals surface area contributed by atoms with E-state index in [2.05, 4.69) is 5.32 Å². The molecule has 0 aliphatic rings. The third-order valence-corrected chi connectivity index (χ3v) is 4.95. The zero-order valence-electron chi connectivity index (χ0n) is 17.9. The maximum absolute atomic E-state index is 12.5. The predicted octanol–water partition coefficient (Wildman–Crippen LogP) is 4.15. The third-order valence-electron chi connectivity index (χ3n) is 4.95. The Hall–Kier alpha value is -3.74. The predicted molar refractivity (Wildman–Crippen MR) is 118 cm³/mol. The molecule has 3 rings (SSSR count). The molecule has 162 valence electrons. The Bertz CT molecular complexity index is 1090. The number of rotatable bonds is 8. The second-order valence-electron chi connectivity index (χ2n) is 6.92. The third kappa shape index (κ3) is 5.25. The van der Waals surface area contributed by atoms with Gasteiger partial charge in [-0.25, -0.2) is 0 Å². The van der Waals surface area contributed by atoms with Gasteiger partial charge >= 0.3 is 5.97 Å². The fraction of sp³-hybridized carbons (Fsp3) is 0.250. The molecule has 0 bridgehead atoms. The first-order valence-electron chi connectivity index (χ1n) is 9.71. The summed E-state index contributed by atoms with van der Waals surface area (Å²) in [5.74, 6) is 0.327. The van der Waals surface area contributed by atoms with E-state index in [-0.39, 0.29) is 0 Å². The number of esters is 1. The minimum absolute atomic E-state index is 0.408. The van der Waals surface area contributed by atoms with E-state index in [0.29, 0.717) is 17.2 Å². The topological polar surface area (TPSA) is 83.1 Å². The number of benzene rings is 3. The fourth-order valence-electron chi connectivity index (χ4n) is 3.13. The van der Waals surface area contributed by atoms with Crippen molar-refractivity contribution >= 4 is 28.3 Å². The van der Waals surface area contributed by atoms with Crippen molar-refractivity contribution < 1.29 is 28.5 Å². The van der Waals surface area contributed by atoms with Gasteiger partial charge in [-0.2, -0.15) is 0 Å². The van der Waals surface area contributed by atoms with Crippen molar-refractivity contribution in [3.05, 3.63) is 60.2 Å². The van der Waals surface area contributed by atoms with Crippen LogP contribution in [0.25, 0.3) is 10.8 Å². The lowest BCUT2D eigenvalue weighted by molar-refractivity contribution is -0.148. The van der Waals surface area contributed by atoms with E-state index in [1.165, 1.54) is 14.2 Å². The molecule has 0 unspecified atom stereocenters. The molecule has 0 saturated heterocycles. The standard InChI is InChI=1S/C24H25NO6/c1-15(16-5-6-18-12-19(28-2)8-7-17(18)11-16)24(27)31-14-23(26)25-21-13-20(29-3)9-10-22(21)30-4/h5-13,15H,14H2,1-4H3,(H,25,26)/t15-/m0/s1. The normalized spacial score (nSPS) is 11.5. The van der Waals surface area contributed by atoms with E-state index in [1.807, 2.05) is 36.4 Å². The van der Waals surface area contributed by atoms with E-state index in [4.69, 9.17) is 18.9 Å². The molecule has 7 heteroatoms.